The van der Waals surface area contributed by atoms with Crippen LogP contribution >= 0.6 is 15.6 Å². The number of carbonyl (C=O) groups excluding carboxylic acids is 4. The molecule has 0 amide bonds. The van der Waals surface area contributed by atoms with Crippen LogP contribution in [-0.4, -0.2) is 96.7 Å². The van der Waals surface area contributed by atoms with Gasteiger partial charge in [0.25, 0.3) is 0 Å². The standard InChI is InChI=1S/C69H134O17P2/c1-9-61(7)47-39-31-23-19-20-26-36-44-52-69(74)86-65(56-80-67(72)50-42-34-28-27-32-40-48-62(8)10-2)58-84-88(77,78)82-54-63(70)53-81-87(75,76)83-57-64(85-68(73)51-43-35-25-18-14-12-16-22-30-38-46-60(5)6)55-79-66(71)49-41-33-24-17-13-11-15-21-29-37-45-59(3)4/h59-65,70H,9-58H2,1-8H3,(H,75,76)(H,77,78)/t61?,62?,63-,64-,65-/m1/s1. The van der Waals surface area contributed by atoms with Crippen LogP contribution in [-0.2, 0) is 65.4 Å². The summed E-state index contributed by atoms with van der Waals surface area (Å²) in [5, 5.41) is 10.6. The molecular weight excluding hydrogens is 1160 g/mol. The summed E-state index contributed by atoms with van der Waals surface area (Å²) in [4.78, 5) is 72.5. The number of carbonyl (C=O) groups is 4. The van der Waals surface area contributed by atoms with Crippen LogP contribution in [0.1, 0.15) is 338 Å². The Labute approximate surface area is 537 Å². The molecule has 4 unspecified atom stereocenters. The van der Waals surface area contributed by atoms with Gasteiger partial charge in [-0.05, 0) is 49.4 Å². The van der Waals surface area contributed by atoms with Crippen LogP contribution in [0.15, 0.2) is 0 Å². The number of aliphatic hydroxyl groups is 1. The van der Waals surface area contributed by atoms with Crippen LogP contribution in [0.3, 0.4) is 0 Å². The molecule has 0 aromatic rings. The van der Waals surface area contributed by atoms with Crippen LogP contribution in [0, 0.1) is 23.7 Å². The van der Waals surface area contributed by atoms with Crippen LogP contribution in [0.5, 0.6) is 0 Å². The number of hydrogen-bond acceptors (Lipinski definition) is 15. The van der Waals surface area contributed by atoms with Crippen LogP contribution in [0.4, 0.5) is 0 Å². The van der Waals surface area contributed by atoms with Gasteiger partial charge in [0.2, 0.25) is 0 Å². The monoisotopic (exact) mass is 1300 g/mol. The van der Waals surface area contributed by atoms with Crippen molar-refractivity contribution in [3.8, 4) is 0 Å². The third-order valence-electron chi connectivity index (χ3n) is 16.5. The quantitative estimate of drug-likeness (QED) is 0.0222. The number of phosphoric acid groups is 2. The Balaban J connectivity index is 5.27. The number of unbranched alkanes of at least 4 members (excludes halogenated alkanes) is 30. The molecule has 88 heavy (non-hydrogen) atoms. The molecule has 0 aliphatic carbocycles. The molecule has 0 aliphatic rings. The Hall–Kier alpha value is -1.94. The van der Waals surface area contributed by atoms with Crippen molar-refractivity contribution >= 4 is 39.5 Å². The number of rotatable bonds is 66. The molecular formula is C69H134O17P2. The lowest BCUT2D eigenvalue weighted by molar-refractivity contribution is -0.161. The Morgan fingerprint density at radius 3 is 0.807 bits per heavy atom. The van der Waals surface area contributed by atoms with Crippen molar-refractivity contribution in [2.45, 2.75) is 356 Å². The van der Waals surface area contributed by atoms with E-state index in [4.69, 9.17) is 37.0 Å². The molecule has 17 nitrogen and oxygen atoms in total. The summed E-state index contributed by atoms with van der Waals surface area (Å²) in [6.07, 6.45) is 40.2. The average Bonchev–Trinajstić information content (AvgIpc) is 3.57. The van der Waals surface area contributed by atoms with E-state index in [2.05, 4.69) is 55.4 Å². The molecule has 19 heteroatoms. The fourth-order valence-corrected chi connectivity index (χ4v) is 11.8. The first-order valence-corrected chi connectivity index (χ1v) is 38.8. The molecule has 0 saturated heterocycles. The van der Waals surface area contributed by atoms with E-state index in [0.717, 1.165) is 120 Å². The van der Waals surface area contributed by atoms with Crippen molar-refractivity contribution in [2.24, 2.45) is 23.7 Å². The predicted octanol–water partition coefficient (Wildman–Crippen LogP) is 19.3. The zero-order valence-electron chi connectivity index (χ0n) is 57.3. The molecule has 7 atom stereocenters. The minimum atomic E-state index is -4.95. The second kappa shape index (κ2) is 58.8. The van der Waals surface area contributed by atoms with Crippen molar-refractivity contribution in [3.63, 3.8) is 0 Å². The maximum Gasteiger partial charge on any atom is 0.472 e. The Morgan fingerprint density at radius 1 is 0.318 bits per heavy atom. The van der Waals surface area contributed by atoms with Gasteiger partial charge in [-0.15, -0.1) is 0 Å². The maximum atomic E-state index is 13.0. The third kappa shape index (κ3) is 60.3. The molecule has 0 heterocycles. The molecule has 0 aromatic heterocycles. The van der Waals surface area contributed by atoms with Gasteiger partial charge in [-0.1, -0.05) is 287 Å². The summed E-state index contributed by atoms with van der Waals surface area (Å²) >= 11 is 0. The fourth-order valence-electron chi connectivity index (χ4n) is 10.2. The molecule has 0 spiro atoms. The normalized spacial score (nSPS) is 14.9. The second-order valence-electron chi connectivity index (χ2n) is 26.4. The fraction of sp³-hybridized carbons (Fsp3) is 0.942. The second-order valence-corrected chi connectivity index (χ2v) is 29.3. The first-order chi connectivity index (χ1) is 42.2. The minimum absolute atomic E-state index is 0.103. The van der Waals surface area contributed by atoms with E-state index in [1.807, 2.05) is 0 Å². The Bertz CT molecular complexity index is 1750. The lowest BCUT2D eigenvalue weighted by Crippen LogP contribution is -2.30. The van der Waals surface area contributed by atoms with Gasteiger partial charge in [-0.25, -0.2) is 9.13 Å². The highest BCUT2D eigenvalue weighted by Gasteiger charge is 2.30. The average molecular weight is 1300 g/mol. The van der Waals surface area contributed by atoms with Gasteiger partial charge in [0.15, 0.2) is 12.2 Å². The molecule has 0 aromatic carbocycles. The van der Waals surface area contributed by atoms with Gasteiger partial charge < -0.3 is 33.8 Å². The number of aliphatic hydroxyl groups excluding tert-OH is 1. The van der Waals surface area contributed by atoms with Gasteiger partial charge in [0.05, 0.1) is 26.4 Å². The van der Waals surface area contributed by atoms with Crippen molar-refractivity contribution < 1.29 is 80.2 Å². The van der Waals surface area contributed by atoms with Crippen molar-refractivity contribution in [3.05, 3.63) is 0 Å². The Kier molecular flexibility index (Phi) is 57.6. The zero-order valence-corrected chi connectivity index (χ0v) is 59.1. The molecule has 0 aliphatic heterocycles. The summed E-state index contributed by atoms with van der Waals surface area (Å²) in [6.45, 7) is 14.1. The minimum Gasteiger partial charge on any atom is -0.462 e. The van der Waals surface area contributed by atoms with Gasteiger partial charge in [-0.3, -0.25) is 37.3 Å². The van der Waals surface area contributed by atoms with E-state index in [1.54, 1.807) is 0 Å². The van der Waals surface area contributed by atoms with Crippen molar-refractivity contribution in [2.75, 3.05) is 39.6 Å². The van der Waals surface area contributed by atoms with Gasteiger partial charge in [0.1, 0.15) is 19.3 Å². The highest BCUT2D eigenvalue weighted by atomic mass is 31.2. The number of ether oxygens (including phenoxy) is 4. The molecule has 0 saturated carbocycles. The molecule has 0 rings (SSSR count). The topological polar surface area (TPSA) is 237 Å². The lowest BCUT2D eigenvalue weighted by Gasteiger charge is -2.21. The molecule has 0 bridgehead atoms. The maximum absolute atomic E-state index is 13.0. The van der Waals surface area contributed by atoms with Crippen LogP contribution in [0.2, 0.25) is 0 Å². The zero-order chi connectivity index (χ0) is 65.4. The van der Waals surface area contributed by atoms with E-state index >= 15 is 0 Å². The first-order valence-electron chi connectivity index (χ1n) is 35.8. The lowest BCUT2D eigenvalue weighted by atomic mass is 9.99. The SMILES string of the molecule is CCC(C)CCCCCCCCCCC(=O)O[C@H](COC(=O)CCCCCCCCC(C)CC)COP(=O)(O)OC[C@H](O)COP(=O)(O)OC[C@@H](COC(=O)CCCCCCCCCCCCC(C)C)OC(=O)CCCCCCCCCCCCC(C)C. The summed E-state index contributed by atoms with van der Waals surface area (Å²) < 4.78 is 68.2. The first kappa shape index (κ1) is 86.1. The van der Waals surface area contributed by atoms with E-state index in [0.29, 0.717) is 25.7 Å². The summed E-state index contributed by atoms with van der Waals surface area (Å²) in [5.74, 6) is 0.878. The highest BCUT2D eigenvalue weighted by molar-refractivity contribution is 7.47. The third-order valence-corrected chi connectivity index (χ3v) is 18.4. The summed E-state index contributed by atoms with van der Waals surface area (Å²) in [6, 6.07) is 0. The van der Waals surface area contributed by atoms with E-state index in [1.165, 1.54) is 135 Å². The highest BCUT2D eigenvalue weighted by Crippen LogP contribution is 2.45. The van der Waals surface area contributed by atoms with Gasteiger partial charge in [-0.2, -0.15) is 0 Å². The van der Waals surface area contributed by atoms with Crippen LogP contribution < -0.4 is 0 Å². The van der Waals surface area contributed by atoms with Gasteiger partial charge >= 0.3 is 39.5 Å². The van der Waals surface area contributed by atoms with Crippen molar-refractivity contribution in [1.29, 1.82) is 0 Å². The predicted molar refractivity (Wildman–Crippen MR) is 354 cm³/mol. The smallest absolute Gasteiger partial charge is 0.462 e. The molecule has 0 radical (unpaired) electrons. The molecule has 0 fully saturated rings. The summed E-state index contributed by atoms with van der Waals surface area (Å²) in [7, 11) is -9.90. The number of hydrogen-bond donors (Lipinski definition) is 3. The van der Waals surface area contributed by atoms with E-state index in [9.17, 15) is 43.2 Å². The van der Waals surface area contributed by atoms with E-state index in [-0.39, 0.29) is 25.7 Å². The van der Waals surface area contributed by atoms with Crippen LogP contribution in [0.25, 0.3) is 0 Å². The molecule has 522 valence electrons. The Morgan fingerprint density at radius 2 is 0.545 bits per heavy atom. The summed E-state index contributed by atoms with van der Waals surface area (Å²) in [5.41, 5.74) is 0. The van der Waals surface area contributed by atoms with E-state index < -0.39 is 97.5 Å². The van der Waals surface area contributed by atoms with Gasteiger partial charge in [0, 0.05) is 25.7 Å². The van der Waals surface area contributed by atoms with Crippen molar-refractivity contribution in [1.82, 2.24) is 0 Å². The molecule has 3 N–H and O–H groups in total. The number of esters is 4. The largest absolute Gasteiger partial charge is 0.472 e. The number of phosphoric ester groups is 2.